The van der Waals surface area contributed by atoms with Gasteiger partial charge in [0.05, 0.1) is 12.2 Å². The maximum Gasteiger partial charge on any atom is 0.122 e. The Morgan fingerprint density at radius 1 is 1.50 bits per heavy atom. The Balaban J connectivity index is 1.68. The van der Waals surface area contributed by atoms with Crippen molar-refractivity contribution < 1.29 is 9.47 Å². The van der Waals surface area contributed by atoms with E-state index in [1.165, 1.54) is 5.75 Å². The van der Waals surface area contributed by atoms with E-state index in [0.717, 1.165) is 37.4 Å². The summed E-state index contributed by atoms with van der Waals surface area (Å²) in [6.45, 7) is 0.775. The van der Waals surface area contributed by atoms with E-state index in [2.05, 4.69) is 0 Å². The summed E-state index contributed by atoms with van der Waals surface area (Å²) in [5.74, 6) is 3.14. The maximum atomic E-state index is 7.48. The van der Waals surface area contributed by atoms with E-state index in [9.17, 15) is 0 Å². The minimum Gasteiger partial charge on any atom is -0.490 e. The van der Waals surface area contributed by atoms with Gasteiger partial charge in [0.2, 0.25) is 0 Å². The molecule has 2 aliphatic rings. The maximum absolute atomic E-state index is 7.48. The first-order valence-corrected chi connectivity index (χ1v) is 8.15. The summed E-state index contributed by atoms with van der Waals surface area (Å²) in [5, 5.41) is 7.48. The van der Waals surface area contributed by atoms with Gasteiger partial charge in [-0.05, 0) is 24.3 Å². The topological polar surface area (TPSA) is 68.3 Å². The van der Waals surface area contributed by atoms with Gasteiger partial charge in [-0.3, -0.25) is 5.41 Å². The lowest BCUT2D eigenvalue weighted by molar-refractivity contribution is -0.0958. The van der Waals surface area contributed by atoms with Gasteiger partial charge in [-0.15, -0.1) is 0 Å². The molecule has 108 valence electrons. The molecule has 4 nitrogen and oxygen atoms in total. The van der Waals surface area contributed by atoms with Gasteiger partial charge >= 0.3 is 0 Å². The van der Waals surface area contributed by atoms with Gasteiger partial charge in [-0.1, -0.05) is 12.1 Å². The second-order valence-electron chi connectivity index (χ2n) is 5.51. The highest BCUT2D eigenvalue weighted by molar-refractivity contribution is 7.99. The van der Waals surface area contributed by atoms with Crippen molar-refractivity contribution in [1.82, 2.24) is 0 Å². The van der Waals surface area contributed by atoms with Crippen molar-refractivity contribution in [2.45, 2.75) is 31.0 Å². The van der Waals surface area contributed by atoms with Crippen LogP contribution in [0.1, 0.15) is 24.8 Å². The van der Waals surface area contributed by atoms with Gasteiger partial charge in [0, 0.05) is 24.2 Å². The van der Waals surface area contributed by atoms with Crippen LogP contribution < -0.4 is 10.5 Å². The molecule has 1 aromatic rings. The molecule has 0 saturated carbocycles. The average Bonchev–Trinajstić information content (AvgIpc) is 2.87. The zero-order valence-electron chi connectivity index (χ0n) is 11.4. The van der Waals surface area contributed by atoms with Gasteiger partial charge in [-0.25, -0.2) is 0 Å². The second-order valence-corrected chi connectivity index (χ2v) is 6.61. The monoisotopic (exact) mass is 292 g/mol. The molecular weight excluding hydrogens is 272 g/mol. The Hall–Kier alpha value is -1.20. The first kappa shape index (κ1) is 13.8. The third-order valence-electron chi connectivity index (χ3n) is 3.96. The molecule has 2 heterocycles. The summed E-state index contributed by atoms with van der Waals surface area (Å²) < 4.78 is 12.1. The Morgan fingerprint density at radius 3 is 3.15 bits per heavy atom. The lowest BCUT2D eigenvalue weighted by Gasteiger charge is -2.37. The lowest BCUT2D eigenvalue weighted by atomic mass is 9.91. The number of nitrogen functional groups attached to an aromatic ring is 1. The lowest BCUT2D eigenvalue weighted by Crippen LogP contribution is -2.43. The summed E-state index contributed by atoms with van der Waals surface area (Å²) in [6, 6.07) is 7.48. The molecule has 3 rings (SSSR count). The largest absolute Gasteiger partial charge is 0.490 e. The fourth-order valence-corrected chi connectivity index (χ4v) is 4.25. The van der Waals surface area contributed by atoms with Crippen LogP contribution >= 0.6 is 11.8 Å². The molecule has 0 amide bonds. The molecule has 0 radical (unpaired) electrons. The van der Waals surface area contributed by atoms with Crippen molar-refractivity contribution in [2.75, 3.05) is 18.1 Å². The van der Waals surface area contributed by atoms with Crippen molar-refractivity contribution >= 4 is 17.6 Å². The number of hydrogen-bond acceptors (Lipinski definition) is 4. The molecule has 2 unspecified atom stereocenters. The Kier molecular flexibility index (Phi) is 3.89. The highest BCUT2D eigenvalue weighted by atomic mass is 32.2. The van der Waals surface area contributed by atoms with Gasteiger partial charge < -0.3 is 15.2 Å². The summed E-state index contributed by atoms with van der Waals surface area (Å²) >= 11 is 1.97. The molecule has 0 aliphatic carbocycles. The number of nitrogens with one attached hydrogen (secondary N) is 1. The van der Waals surface area contributed by atoms with E-state index in [1.807, 2.05) is 36.0 Å². The molecule has 3 N–H and O–H groups in total. The smallest absolute Gasteiger partial charge is 0.122 e. The quantitative estimate of drug-likeness (QED) is 0.663. The van der Waals surface area contributed by atoms with E-state index >= 15 is 0 Å². The SMILES string of the molecule is N=C(N)c1cccc(OC2CCOC3(CCSC3)C2)c1. The zero-order valence-corrected chi connectivity index (χ0v) is 12.2. The van der Waals surface area contributed by atoms with Gasteiger partial charge in [0.15, 0.2) is 0 Å². The molecule has 20 heavy (non-hydrogen) atoms. The zero-order chi connectivity index (χ0) is 14.0. The number of amidine groups is 1. The van der Waals surface area contributed by atoms with Crippen molar-refractivity contribution in [3.8, 4) is 5.75 Å². The molecule has 2 fully saturated rings. The van der Waals surface area contributed by atoms with E-state index < -0.39 is 0 Å². The summed E-state index contributed by atoms with van der Waals surface area (Å²) in [5.41, 5.74) is 6.26. The highest BCUT2D eigenvalue weighted by Crippen LogP contribution is 2.39. The molecule has 1 aromatic carbocycles. The van der Waals surface area contributed by atoms with E-state index in [1.54, 1.807) is 0 Å². The summed E-state index contributed by atoms with van der Waals surface area (Å²) in [6.07, 6.45) is 3.22. The van der Waals surface area contributed by atoms with Gasteiger partial charge in [0.1, 0.15) is 17.7 Å². The average molecular weight is 292 g/mol. The van der Waals surface area contributed by atoms with Crippen molar-refractivity contribution in [3.63, 3.8) is 0 Å². The van der Waals surface area contributed by atoms with Crippen LogP contribution in [0.5, 0.6) is 5.75 Å². The van der Waals surface area contributed by atoms with Gasteiger partial charge in [0.25, 0.3) is 0 Å². The molecule has 0 bridgehead atoms. The van der Waals surface area contributed by atoms with E-state index in [-0.39, 0.29) is 17.5 Å². The normalized spacial score (nSPS) is 29.5. The van der Waals surface area contributed by atoms with Crippen LogP contribution in [0.3, 0.4) is 0 Å². The van der Waals surface area contributed by atoms with Gasteiger partial charge in [-0.2, -0.15) is 11.8 Å². The van der Waals surface area contributed by atoms with Crippen molar-refractivity contribution in [1.29, 1.82) is 5.41 Å². The number of ether oxygens (including phenoxy) is 2. The Bertz CT molecular complexity index is 500. The number of rotatable bonds is 3. The van der Waals surface area contributed by atoms with E-state index in [0.29, 0.717) is 5.56 Å². The standard InChI is InChI=1S/C15H20N2O2S/c16-14(17)11-2-1-3-12(8-11)19-13-4-6-18-15(9-13)5-7-20-10-15/h1-3,8,13H,4-7,9-10H2,(H3,16,17). The number of thioether (sulfide) groups is 1. The molecular formula is C15H20N2O2S. The third-order valence-corrected chi connectivity index (χ3v) is 5.19. The molecule has 2 saturated heterocycles. The Labute approximate surface area is 123 Å². The predicted octanol–water partition coefficient (Wildman–Crippen LogP) is 2.40. The number of benzene rings is 1. The third kappa shape index (κ3) is 2.94. The molecule has 2 aliphatic heterocycles. The van der Waals surface area contributed by atoms with Crippen molar-refractivity contribution in [2.24, 2.45) is 5.73 Å². The number of nitrogens with two attached hydrogens (primary N) is 1. The minimum atomic E-state index is 0.0335. The van der Waals surface area contributed by atoms with Crippen LogP contribution in [0.2, 0.25) is 0 Å². The summed E-state index contributed by atoms with van der Waals surface area (Å²) in [4.78, 5) is 0. The van der Waals surface area contributed by atoms with Crippen LogP contribution in [0.15, 0.2) is 24.3 Å². The fraction of sp³-hybridized carbons (Fsp3) is 0.533. The predicted molar refractivity (Wildman–Crippen MR) is 81.7 cm³/mol. The number of hydrogen-bond donors (Lipinski definition) is 2. The van der Waals surface area contributed by atoms with Crippen LogP contribution in [0.4, 0.5) is 0 Å². The van der Waals surface area contributed by atoms with Crippen LogP contribution in [-0.4, -0.2) is 35.7 Å². The van der Waals surface area contributed by atoms with Crippen molar-refractivity contribution in [3.05, 3.63) is 29.8 Å². The Morgan fingerprint density at radius 2 is 2.40 bits per heavy atom. The molecule has 1 spiro atoms. The molecule has 5 heteroatoms. The van der Waals surface area contributed by atoms with Crippen LogP contribution in [0, 0.1) is 5.41 Å². The highest BCUT2D eigenvalue weighted by Gasteiger charge is 2.41. The molecule has 0 aromatic heterocycles. The summed E-state index contributed by atoms with van der Waals surface area (Å²) in [7, 11) is 0. The van der Waals surface area contributed by atoms with Crippen LogP contribution in [0.25, 0.3) is 0 Å². The second kappa shape index (κ2) is 5.66. The van der Waals surface area contributed by atoms with E-state index in [4.69, 9.17) is 20.6 Å². The first-order chi connectivity index (χ1) is 9.67. The minimum absolute atomic E-state index is 0.0335. The fourth-order valence-electron chi connectivity index (χ4n) is 2.88. The first-order valence-electron chi connectivity index (χ1n) is 7.00. The molecule has 2 atom stereocenters. The van der Waals surface area contributed by atoms with Crippen LogP contribution in [-0.2, 0) is 4.74 Å².